The number of hydrogen-bond acceptors (Lipinski definition) is 8. The molecule has 4 aliphatic heterocycles. The molecule has 0 aromatic carbocycles. The third-order valence-electron chi connectivity index (χ3n) is 10.2. The second-order valence-electron chi connectivity index (χ2n) is 13.5. The predicted molar refractivity (Wildman–Crippen MR) is 163 cm³/mol. The fourth-order valence-corrected chi connectivity index (χ4v) is 7.68. The number of fused-ring (bicyclic) bond motifs is 2. The Balaban J connectivity index is 1.54. The Labute approximate surface area is 256 Å². The average molecular weight is 599 g/mol. The van der Waals surface area contributed by atoms with Crippen molar-refractivity contribution in [1.82, 2.24) is 0 Å². The Hall–Kier alpha value is -2.07. The van der Waals surface area contributed by atoms with Gasteiger partial charge in [-0.2, -0.15) is 0 Å². The Bertz CT molecular complexity index is 1210. The van der Waals surface area contributed by atoms with Crippen LogP contribution in [0.1, 0.15) is 73.6 Å². The van der Waals surface area contributed by atoms with Gasteiger partial charge in [-0.1, -0.05) is 55.9 Å². The molecule has 4 heterocycles. The SMILES string of the molecule is C/C=C(\C)[C@H]1O[C@@]2(C[C@@H]3C[C@@H](C/C=C(\C)C[C@@H](C)/C=C/C=C4\CO[C@@H]5[C@H](OC)C(C)=C[C@@H](C(=O)O3)[C@]45O)O2)C[C@H](O)[C@@H]1C. The lowest BCUT2D eigenvalue weighted by atomic mass is 9.70. The van der Waals surface area contributed by atoms with E-state index in [0.717, 1.165) is 17.6 Å². The number of ether oxygens (including phenoxy) is 5. The van der Waals surface area contributed by atoms with E-state index in [1.54, 1.807) is 13.2 Å². The van der Waals surface area contributed by atoms with E-state index in [2.05, 4.69) is 26.0 Å². The molecule has 0 aromatic heterocycles. The van der Waals surface area contributed by atoms with Crippen molar-refractivity contribution in [2.24, 2.45) is 17.8 Å². The van der Waals surface area contributed by atoms with Gasteiger partial charge in [0.1, 0.15) is 29.8 Å². The molecule has 2 bridgehead atoms. The van der Waals surface area contributed by atoms with E-state index in [1.165, 1.54) is 5.57 Å². The van der Waals surface area contributed by atoms with Crippen LogP contribution in [0.5, 0.6) is 0 Å². The van der Waals surface area contributed by atoms with Gasteiger partial charge in [-0.05, 0) is 63.2 Å². The summed E-state index contributed by atoms with van der Waals surface area (Å²) in [4.78, 5) is 14.1. The number of rotatable bonds is 2. The minimum Gasteiger partial charge on any atom is -0.462 e. The van der Waals surface area contributed by atoms with E-state index in [0.29, 0.717) is 31.3 Å². The number of esters is 1. The summed E-state index contributed by atoms with van der Waals surface area (Å²) < 4.78 is 31.5. The highest BCUT2D eigenvalue weighted by atomic mass is 16.7. The van der Waals surface area contributed by atoms with Crippen molar-refractivity contribution in [2.45, 2.75) is 122 Å². The molecule has 0 radical (unpaired) electrons. The number of hydrogen-bond donors (Lipinski definition) is 2. The van der Waals surface area contributed by atoms with Crippen LogP contribution in [0.15, 0.2) is 58.7 Å². The molecule has 238 valence electrons. The first-order valence-corrected chi connectivity index (χ1v) is 15.9. The van der Waals surface area contributed by atoms with Gasteiger partial charge in [0.15, 0.2) is 5.79 Å². The van der Waals surface area contributed by atoms with Gasteiger partial charge in [0.25, 0.3) is 0 Å². The number of methoxy groups -OCH3 is 1. The van der Waals surface area contributed by atoms with Gasteiger partial charge in [-0.3, -0.25) is 4.79 Å². The summed E-state index contributed by atoms with van der Waals surface area (Å²) in [7, 11) is 1.59. The lowest BCUT2D eigenvalue weighted by Gasteiger charge is -2.51. The molecule has 5 rings (SSSR count). The molecule has 2 N–H and O–H groups in total. The van der Waals surface area contributed by atoms with Gasteiger partial charge >= 0.3 is 5.97 Å². The second kappa shape index (κ2) is 12.7. The second-order valence-corrected chi connectivity index (χ2v) is 13.5. The van der Waals surface area contributed by atoms with Crippen molar-refractivity contribution < 1.29 is 38.7 Å². The zero-order valence-corrected chi connectivity index (χ0v) is 26.7. The van der Waals surface area contributed by atoms with E-state index in [1.807, 2.05) is 45.9 Å². The summed E-state index contributed by atoms with van der Waals surface area (Å²) in [6.45, 7) is 12.3. The number of aliphatic hydroxyl groups is 2. The zero-order valence-electron chi connectivity index (χ0n) is 26.7. The third kappa shape index (κ3) is 6.24. The molecule has 1 aliphatic carbocycles. The van der Waals surface area contributed by atoms with Crippen molar-refractivity contribution >= 4 is 5.97 Å². The molecule has 8 nitrogen and oxygen atoms in total. The Kier molecular flexibility index (Phi) is 9.58. The van der Waals surface area contributed by atoms with Gasteiger partial charge in [-0.15, -0.1) is 0 Å². The van der Waals surface area contributed by atoms with Gasteiger partial charge in [0.2, 0.25) is 0 Å². The van der Waals surface area contributed by atoms with Crippen molar-refractivity contribution in [3.63, 3.8) is 0 Å². The fourth-order valence-electron chi connectivity index (χ4n) is 7.68. The molecule has 0 amide bonds. The summed E-state index contributed by atoms with van der Waals surface area (Å²) in [5.74, 6) is -2.41. The third-order valence-corrected chi connectivity index (χ3v) is 10.2. The number of carbonyl (C=O) groups is 1. The predicted octanol–water partition coefficient (Wildman–Crippen LogP) is 5.11. The summed E-state index contributed by atoms with van der Waals surface area (Å²) >= 11 is 0. The molecule has 8 heteroatoms. The van der Waals surface area contributed by atoms with Crippen LogP contribution in [0, 0.1) is 17.8 Å². The van der Waals surface area contributed by atoms with Gasteiger partial charge in [0.05, 0.1) is 24.9 Å². The minimum atomic E-state index is -1.61. The Morgan fingerprint density at radius 2 is 1.93 bits per heavy atom. The molecular formula is C35H50O8. The quantitative estimate of drug-likeness (QED) is 0.334. The highest BCUT2D eigenvalue weighted by Crippen LogP contribution is 2.48. The summed E-state index contributed by atoms with van der Waals surface area (Å²) in [6, 6.07) is 0. The van der Waals surface area contributed by atoms with Crippen LogP contribution in [-0.2, 0) is 28.5 Å². The average Bonchev–Trinajstić information content (AvgIpc) is 3.29. The van der Waals surface area contributed by atoms with Crippen molar-refractivity contribution in [3.05, 3.63) is 58.7 Å². The Morgan fingerprint density at radius 1 is 1.16 bits per heavy atom. The molecule has 1 spiro atoms. The van der Waals surface area contributed by atoms with Crippen LogP contribution < -0.4 is 0 Å². The maximum absolute atomic E-state index is 14.1. The number of aliphatic hydroxyl groups excluding tert-OH is 1. The molecule has 43 heavy (non-hydrogen) atoms. The van der Waals surface area contributed by atoms with Crippen LogP contribution in [0.25, 0.3) is 0 Å². The van der Waals surface area contributed by atoms with E-state index in [9.17, 15) is 15.0 Å². The molecule has 0 aromatic rings. The maximum atomic E-state index is 14.1. The Morgan fingerprint density at radius 3 is 2.65 bits per heavy atom. The van der Waals surface area contributed by atoms with Crippen LogP contribution >= 0.6 is 0 Å². The monoisotopic (exact) mass is 598 g/mol. The maximum Gasteiger partial charge on any atom is 0.316 e. The summed E-state index contributed by atoms with van der Waals surface area (Å²) in [5.41, 5.74) is 2.11. The first-order chi connectivity index (χ1) is 20.4. The zero-order chi connectivity index (χ0) is 31.1. The fraction of sp³-hybridized carbons (Fsp3) is 0.686. The van der Waals surface area contributed by atoms with Crippen molar-refractivity contribution in [1.29, 1.82) is 0 Å². The van der Waals surface area contributed by atoms with Crippen LogP contribution in [0.3, 0.4) is 0 Å². The van der Waals surface area contributed by atoms with Crippen LogP contribution in [-0.4, -0.2) is 77.9 Å². The molecular weight excluding hydrogens is 548 g/mol. The molecule has 3 saturated heterocycles. The molecule has 3 fully saturated rings. The normalized spacial score (nSPS) is 47.5. The standard InChI is InChI=1S/C35H50O8/c1-8-22(4)30-24(6)29(36)18-34(43-30)17-27-16-26(42-34)13-12-21(3)14-20(2)10-9-11-25-19-40-32-31(39-7)23(5)15-28(33(37)41-27)35(25,32)38/h8-12,15,20,24,26-32,36,38H,13-14,16-19H2,1-7H3/b10-9+,21-12+,22-8+,25-11+/t20-,24-,26+,27-,28-,29-,30+,31+,32+,34-,35+/m0/s1. The van der Waals surface area contributed by atoms with E-state index < -0.39 is 47.7 Å². The first kappa shape index (κ1) is 32.3. The number of carbonyl (C=O) groups excluding carboxylic acids is 1. The smallest absolute Gasteiger partial charge is 0.316 e. The topological polar surface area (TPSA) is 104 Å². The van der Waals surface area contributed by atoms with E-state index >= 15 is 0 Å². The largest absolute Gasteiger partial charge is 0.462 e. The number of allylic oxidation sites excluding steroid dienone is 5. The molecule has 0 saturated carbocycles. The van der Waals surface area contributed by atoms with Crippen LogP contribution in [0.2, 0.25) is 0 Å². The summed E-state index contributed by atoms with van der Waals surface area (Å²) in [5, 5.41) is 23.5. The minimum absolute atomic E-state index is 0.100. The van der Waals surface area contributed by atoms with Gasteiger partial charge in [0, 0.05) is 32.3 Å². The first-order valence-electron chi connectivity index (χ1n) is 15.9. The highest BCUT2D eigenvalue weighted by molar-refractivity contribution is 5.78. The van der Waals surface area contributed by atoms with Crippen molar-refractivity contribution in [2.75, 3.05) is 13.7 Å². The van der Waals surface area contributed by atoms with Gasteiger partial charge < -0.3 is 33.9 Å². The summed E-state index contributed by atoms with van der Waals surface area (Å²) in [6.07, 6.45) is 11.6. The highest BCUT2D eigenvalue weighted by Gasteiger charge is 2.60. The van der Waals surface area contributed by atoms with Crippen LogP contribution in [0.4, 0.5) is 0 Å². The van der Waals surface area contributed by atoms with E-state index in [-0.39, 0.29) is 30.7 Å². The molecule has 11 atom stereocenters. The van der Waals surface area contributed by atoms with Crippen molar-refractivity contribution in [3.8, 4) is 0 Å². The van der Waals surface area contributed by atoms with E-state index in [4.69, 9.17) is 23.7 Å². The molecule has 5 aliphatic rings. The lowest BCUT2D eigenvalue weighted by Crippen LogP contribution is -2.59. The van der Waals surface area contributed by atoms with Gasteiger partial charge in [-0.25, -0.2) is 0 Å². The molecule has 0 unspecified atom stereocenters. The lowest BCUT2D eigenvalue weighted by molar-refractivity contribution is -0.342.